The number of phenols is 1. The summed E-state index contributed by atoms with van der Waals surface area (Å²) >= 11 is 0. The number of fused-ring (bicyclic) bond motifs is 1. The fraction of sp³-hybridized carbons (Fsp3) is 0.571. The summed E-state index contributed by atoms with van der Waals surface area (Å²) in [4.78, 5) is 0. The Morgan fingerprint density at radius 2 is 1.78 bits per heavy atom. The molecule has 0 spiro atoms. The molecule has 0 saturated carbocycles. The number of aromatic nitrogens is 3. The number of hydrogen-bond acceptors (Lipinski definition) is 3. The molecule has 0 fully saturated rings. The molecular formula is C14H21N3O. The molecule has 2 rings (SSSR count). The number of aromatic amines is 1. The van der Waals surface area contributed by atoms with Gasteiger partial charge in [-0.25, -0.2) is 0 Å². The van der Waals surface area contributed by atoms with Crippen molar-refractivity contribution < 1.29 is 5.11 Å². The molecule has 0 unspecified atom stereocenters. The van der Waals surface area contributed by atoms with E-state index in [1.54, 1.807) is 12.1 Å². The second-order valence-corrected chi connectivity index (χ2v) is 6.81. The van der Waals surface area contributed by atoms with Crippen LogP contribution in [0.2, 0.25) is 0 Å². The molecule has 0 aliphatic carbocycles. The molecule has 0 aliphatic rings. The van der Waals surface area contributed by atoms with Crippen LogP contribution in [-0.2, 0) is 5.41 Å². The van der Waals surface area contributed by atoms with Gasteiger partial charge in [0.1, 0.15) is 16.8 Å². The number of hydrogen-bond donors (Lipinski definition) is 2. The van der Waals surface area contributed by atoms with E-state index in [4.69, 9.17) is 0 Å². The minimum absolute atomic E-state index is 0.0634. The van der Waals surface area contributed by atoms with E-state index < -0.39 is 0 Å². The normalized spacial score (nSPS) is 13.2. The summed E-state index contributed by atoms with van der Waals surface area (Å²) in [6.07, 6.45) is 1.01. The lowest BCUT2D eigenvalue weighted by Crippen LogP contribution is -2.25. The molecule has 4 nitrogen and oxygen atoms in total. The quantitative estimate of drug-likeness (QED) is 0.855. The Kier molecular flexibility index (Phi) is 2.84. The van der Waals surface area contributed by atoms with Crippen molar-refractivity contribution in [1.29, 1.82) is 0 Å². The van der Waals surface area contributed by atoms with E-state index in [0.717, 1.165) is 17.5 Å². The Morgan fingerprint density at radius 1 is 1.11 bits per heavy atom. The standard InChI is InChI=1S/C14H21N3O/c1-13(2,3)8-14(4,5)10-6-9(18)7-11-12(10)16-17-15-11/h6-7,18H,8H2,1-5H3,(H,15,16,17). The molecule has 0 atom stereocenters. The topological polar surface area (TPSA) is 61.8 Å². The molecule has 1 aromatic heterocycles. The van der Waals surface area contributed by atoms with Crippen LogP contribution in [-0.4, -0.2) is 20.5 Å². The highest BCUT2D eigenvalue weighted by Gasteiger charge is 2.30. The first-order valence-corrected chi connectivity index (χ1v) is 6.23. The summed E-state index contributed by atoms with van der Waals surface area (Å²) < 4.78 is 0. The lowest BCUT2D eigenvalue weighted by Gasteiger charge is -2.33. The molecule has 0 saturated heterocycles. The van der Waals surface area contributed by atoms with Gasteiger partial charge in [-0.1, -0.05) is 34.6 Å². The van der Waals surface area contributed by atoms with Crippen LogP contribution in [0.3, 0.4) is 0 Å². The first-order chi connectivity index (χ1) is 8.19. The van der Waals surface area contributed by atoms with Crippen LogP contribution in [0, 0.1) is 5.41 Å². The van der Waals surface area contributed by atoms with Crippen LogP contribution < -0.4 is 0 Å². The first-order valence-electron chi connectivity index (χ1n) is 6.23. The maximum Gasteiger partial charge on any atom is 0.118 e. The molecule has 18 heavy (non-hydrogen) atoms. The SMILES string of the molecule is CC(C)(C)CC(C)(C)c1cc(O)cc2n[nH]nc12. The number of H-pyrrole nitrogens is 1. The predicted molar refractivity (Wildman–Crippen MR) is 72.7 cm³/mol. The highest BCUT2D eigenvalue weighted by atomic mass is 16.3. The molecule has 0 radical (unpaired) electrons. The molecule has 0 aliphatic heterocycles. The van der Waals surface area contributed by atoms with Crippen molar-refractivity contribution in [3.05, 3.63) is 17.7 Å². The summed E-state index contributed by atoms with van der Waals surface area (Å²) in [5.74, 6) is 0.244. The van der Waals surface area contributed by atoms with Gasteiger partial charge in [-0.2, -0.15) is 15.4 Å². The third-order valence-electron chi connectivity index (χ3n) is 3.11. The van der Waals surface area contributed by atoms with Gasteiger partial charge >= 0.3 is 0 Å². The number of nitrogens with zero attached hydrogens (tertiary/aromatic N) is 2. The third-order valence-corrected chi connectivity index (χ3v) is 3.11. The molecular weight excluding hydrogens is 226 g/mol. The van der Waals surface area contributed by atoms with E-state index in [1.165, 1.54) is 0 Å². The van der Waals surface area contributed by atoms with Crippen LogP contribution in [0.5, 0.6) is 5.75 Å². The molecule has 2 aromatic rings. The minimum Gasteiger partial charge on any atom is -0.508 e. The van der Waals surface area contributed by atoms with Crippen molar-refractivity contribution in [1.82, 2.24) is 15.4 Å². The van der Waals surface area contributed by atoms with Crippen molar-refractivity contribution in [2.24, 2.45) is 5.41 Å². The smallest absolute Gasteiger partial charge is 0.118 e. The van der Waals surface area contributed by atoms with Gasteiger partial charge in [0, 0.05) is 6.07 Å². The second kappa shape index (κ2) is 3.97. The Balaban J connectivity index is 2.55. The van der Waals surface area contributed by atoms with Crippen molar-refractivity contribution in [2.75, 3.05) is 0 Å². The van der Waals surface area contributed by atoms with E-state index in [0.29, 0.717) is 5.52 Å². The summed E-state index contributed by atoms with van der Waals surface area (Å²) in [6, 6.07) is 3.44. The minimum atomic E-state index is -0.0634. The van der Waals surface area contributed by atoms with E-state index in [2.05, 4.69) is 50.0 Å². The first kappa shape index (κ1) is 12.9. The molecule has 2 N–H and O–H groups in total. The Morgan fingerprint density at radius 3 is 2.39 bits per heavy atom. The lowest BCUT2D eigenvalue weighted by molar-refractivity contribution is 0.284. The van der Waals surface area contributed by atoms with Gasteiger partial charge in [0.15, 0.2) is 0 Å². The Bertz CT molecular complexity index is 564. The van der Waals surface area contributed by atoms with Gasteiger partial charge in [0.05, 0.1) is 0 Å². The van der Waals surface area contributed by atoms with Gasteiger partial charge < -0.3 is 5.11 Å². The highest BCUT2D eigenvalue weighted by molar-refractivity contribution is 5.80. The van der Waals surface area contributed by atoms with Crippen LogP contribution in [0.25, 0.3) is 11.0 Å². The maximum absolute atomic E-state index is 9.81. The molecule has 4 heteroatoms. The number of aromatic hydroxyl groups is 1. The van der Waals surface area contributed by atoms with Gasteiger partial charge in [-0.15, -0.1) is 0 Å². The van der Waals surface area contributed by atoms with E-state index >= 15 is 0 Å². The van der Waals surface area contributed by atoms with Gasteiger partial charge in [0.2, 0.25) is 0 Å². The maximum atomic E-state index is 9.81. The average molecular weight is 247 g/mol. The van der Waals surface area contributed by atoms with Gasteiger partial charge in [0.25, 0.3) is 0 Å². The van der Waals surface area contributed by atoms with E-state index in [1.807, 2.05) is 0 Å². The predicted octanol–water partition coefficient (Wildman–Crippen LogP) is 3.38. The largest absolute Gasteiger partial charge is 0.508 e. The number of phenolic OH excluding ortho intramolecular Hbond substituents is 1. The fourth-order valence-corrected chi connectivity index (χ4v) is 2.87. The number of benzene rings is 1. The van der Waals surface area contributed by atoms with Gasteiger partial charge in [-0.3, -0.25) is 0 Å². The van der Waals surface area contributed by atoms with Crippen molar-refractivity contribution in [3.63, 3.8) is 0 Å². The van der Waals surface area contributed by atoms with Crippen LogP contribution >= 0.6 is 0 Å². The highest BCUT2D eigenvalue weighted by Crippen LogP contribution is 2.39. The summed E-state index contributed by atoms with van der Waals surface area (Å²) in [6.45, 7) is 11.0. The molecule has 1 heterocycles. The number of rotatable bonds is 2. The van der Waals surface area contributed by atoms with Crippen LogP contribution in [0.1, 0.15) is 46.6 Å². The molecule has 1 aromatic carbocycles. The van der Waals surface area contributed by atoms with Crippen LogP contribution in [0.15, 0.2) is 12.1 Å². The Hall–Kier alpha value is -1.58. The van der Waals surface area contributed by atoms with E-state index in [-0.39, 0.29) is 16.6 Å². The molecule has 98 valence electrons. The van der Waals surface area contributed by atoms with Crippen molar-refractivity contribution >= 4 is 11.0 Å². The zero-order valence-corrected chi connectivity index (χ0v) is 11.7. The lowest BCUT2D eigenvalue weighted by atomic mass is 9.72. The van der Waals surface area contributed by atoms with Crippen molar-refractivity contribution in [3.8, 4) is 5.75 Å². The van der Waals surface area contributed by atoms with Crippen LogP contribution in [0.4, 0.5) is 0 Å². The average Bonchev–Trinajstić information content (AvgIpc) is 2.59. The fourth-order valence-electron chi connectivity index (χ4n) is 2.87. The zero-order chi connectivity index (χ0) is 13.6. The summed E-state index contributed by atoms with van der Waals surface area (Å²) in [5, 5.41) is 20.7. The molecule has 0 amide bonds. The monoisotopic (exact) mass is 247 g/mol. The number of nitrogens with one attached hydrogen (secondary N) is 1. The summed E-state index contributed by atoms with van der Waals surface area (Å²) in [7, 11) is 0. The third kappa shape index (κ3) is 2.47. The van der Waals surface area contributed by atoms with E-state index in [9.17, 15) is 5.11 Å². The second-order valence-electron chi connectivity index (χ2n) is 6.81. The molecule has 0 bridgehead atoms. The summed E-state index contributed by atoms with van der Waals surface area (Å²) in [5.41, 5.74) is 2.76. The van der Waals surface area contributed by atoms with Crippen molar-refractivity contribution in [2.45, 2.75) is 46.5 Å². The Labute approximate surface area is 107 Å². The van der Waals surface area contributed by atoms with Gasteiger partial charge in [-0.05, 0) is 28.9 Å². The zero-order valence-electron chi connectivity index (χ0n) is 11.7.